The molecule has 0 spiro atoms. The summed E-state index contributed by atoms with van der Waals surface area (Å²) in [5.41, 5.74) is 2.30. The van der Waals surface area contributed by atoms with Crippen molar-refractivity contribution in [3.05, 3.63) is 53.6 Å². The van der Waals surface area contributed by atoms with Crippen molar-refractivity contribution in [3.63, 3.8) is 0 Å². The zero-order chi connectivity index (χ0) is 17.5. The molecule has 0 aromatic heterocycles. The number of ether oxygens (including phenoxy) is 1. The van der Waals surface area contributed by atoms with Crippen LogP contribution in [0.5, 0.6) is 5.75 Å². The summed E-state index contributed by atoms with van der Waals surface area (Å²) in [7, 11) is 3.30. The number of anilines is 2. The molecular formula is C19H20N2O3. The highest BCUT2D eigenvalue weighted by atomic mass is 16.5. The van der Waals surface area contributed by atoms with Crippen molar-refractivity contribution in [3.8, 4) is 5.75 Å². The number of rotatable bonds is 3. The van der Waals surface area contributed by atoms with E-state index in [-0.39, 0.29) is 11.8 Å². The average molecular weight is 324 g/mol. The lowest BCUT2D eigenvalue weighted by Crippen LogP contribution is -2.33. The highest BCUT2D eigenvalue weighted by Crippen LogP contribution is 2.41. The van der Waals surface area contributed by atoms with Crippen LogP contribution in [0.2, 0.25) is 0 Å². The molecule has 0 saturated carbocycles. The Kier molecular flexibility index (Phi) is 3.79. The summed E-state index contributed by atoms with van der Waals surface area (Å²) in [5, 5.41) is 2.88. The van der Waals surface area contributed by atoms with E-state index in [2.05, 4.69) is 5.32 Å². The average Bonchev–Trinajstić information content (AvgIpc) is 2.75. The number of nitrogens with one attached hydrogen (secondary N) is 1. The van der Waals surface area contributed by atoms with E-state index in [0.717, 1.165) is 11.3 Å². The number of carbonyl (C=O) groups excluding carboxylic acids is 2. The first-order chi connectivity index (χ1) is 11.4. The standard InChI is InChI=1S/C19H20N2O3/c1-19(2)14-11-12(9-10-15(14)21(3)18(19)23)20-17(22)13-7-5-6-8-16(13)24-4/h5-11H,1-4H3,(H,20,22). The van der Waals surface area contributed by atoms with Crippen LogP contribution < -0.4 is 15.0 Å². The van der Waals surface area contributed by atoms with Crippen LogP contribution in [-0.2, 0) is 10.2 Å². The lowest BCUT2D eigenvalue weighted by atomic mass is 9.86. The van der Waals surface area contributed by atoms with E-state index in [1.54, 1.807) is 36.2 Å². The van der Waals surface area contributed by atoms with Crippen LogP contribution in [0, 0.1) is 0 Å². The third-order valence-electron chi connectivity index (χ3n) is 4.48. The SMILES string of the molecule is COc1ccccc1C(=O)Nc1ccc2c(c1)C(C)(C)C(=O)N2C. The van der Waals surface area contributed by atoms with Gasteiger partial charge < -0.3 is 15.0 Å². The molecule has 2 amide bonds. The van der Waals surface area contributed by atoms with Gasteiger partial charge in [-0.2, -0.15) is 0 Å². The van der Waals surface area contributed by atoms with E-state index in [9.17, 15) is 9.59 Å². The second kappa shape index (κ2) is 5.67. The Hall–Kier alpha value is -2.82. The molecule has 24 heavy (non-hydrogen) atoms. The van der Waals surface area contributed by atoms with Crippen molar-refractivity contribution >= 4 is 23.2 Å². The minimum Gasteiger partial charge on any atom is -0.496 e. The van der Waals surface area contributed by atoms with E-state index >= 15 is 0 Å². The van der Waals surface area contributed by atoms with Gasteiger partial charge in [-0.25, -0.2) is 0 Å². The monoisotopic (exact) mass is 324 g/mol. The van der Waals surface area contributed by atoms with Crippen molar-refractivity contribution in [2.45, 2.75) is 19.3 Å². The first-order valence-corrected chi connectivity index (χ1v) is 7.73. The maximum absolute atomic E-state index is 12.5. The Morgan fingerprint density at radius 3 is 2.58 bits per heavy atom. The molecule has 0 atom stereocenters. The molecule has 2 aromatic rings. The number of methoxy groups -OCH3 is 1. The first-order valence-electron chi connectivity index (χ1n) is 7.73. The van der Waals surface area contributed by atoms with Crippen LogP contribution in [0.3, 0.4) is 0 Å². The normalized spacial score (nSPS) is 15.2. The van der Waals surface area contributed by atoms with Crippen molar-refractivity contribution in [2.24, 2.45) is 0 Å². The zero-order valence-corrected chi connectivity index (χ0v) is 14.2. The molecule has 0 radical (unpaired) electrons. The number of nitrogens with zero attached hydrogens (tertiary/aromatic N) is 1. The number of likely N-dealkylation sites (N-methyl/N-ethyl adjacent to an activating group) is 1. The van der Waals surface area contributed by atoms with Gasteiger partial charge in [0.25, 0.3) is 5.91 Å². The number of hydrogen-bond acceptors (Lipinski definition) is 3. The highest BCUT2D eigenvalue weighted by Gasteiger charge is 2.42. The minimum absolute atomic E-state index is 0.0469. The number of amides is 2. The maximum Gasteiger partial charge on any atom is 0.259 e. The maximum atomic E-state index is 12.5. The topological polar surface area (TPSA) is 58.6 Å². The smallest absolute Gasteiger partial charge is 0.259 e. The summed E-state index contributed by atoms with van der Waals surface area (Å²) >= 11 is 0. The van der Waals surface area contributed by atoms with Gasteiger partial charge in [-0.05, 0) is 49.7 Å². The molecule has 3 rings (SSSR count). The second-order valence-corrected chi connectivity index (χ2v) is 6.38. The fourth-order valence-electron chi connectivity index (χ4n) is 3.08. The van der Waals surface area contributed by atoms with Crippen LogP contribution >= 0.6 is 0 Å². The molecule has 0 unspecified atom stereocenters. The molecule has 0 bridgehead atoms. The van der Waals surface area contributed by atoms with E-state index in [1.165, 1.54) is 7.11 Å². The van der Waals surface area contributed by atoms with E-state index < -0.39 is 5.41 Å². The fourth-order valence-corrected chi connectivity index (χ4v) is 3.08. The molecule has 0 saturated heterocycles. The molecule has 0 fully saturated rings. The number of para-hydroxylation sites is 1. The summed E-state index contributed by atoms with van der Waals surface area (Å²) in [6, 6.07) is 12.6. The fraction of sp³-hybridized carbons (Fsp3) is 0.263. The van der Waals surface area contributed by atoms with E-state index in [0.29, 0.717) is 17.0 Å². The number of carbonyl (C=O) groups is 2. The van der Waals surface area contributed by atoms with Crippen molar-refractivity contribution in [2.75, 3.05) is 24.4 Å². The van der Waals surface area contributed by atoms with Crippen molar-refractivity contribution in [1.29, 1.82) is 0 Å². The van der Waals surface area contributed by atoms with Gasteiger partial charge in [0, 0.05) is 18.4 Å². The second-order valence-electron chi connectivity index (χ2n) is 6.38. The van der Waals surface area contributed by atoms with Gasteiger partial charge in [-0.15, -0.1) is 0 Å². The summed E-state index contributed by atoms with van der Waals surface area (Å²) < 4.78 is 5.23. The first kappa shape index (κ1) is 16.1. The van der Waals surface area contributed by atoms with Gasteiger partial charge >= 0.3 is 0 Å². The van der Waals surface area contributed by atoms with Crippen molar-refractivity contribution < 1.29 is 14.3 Å². The summed E-state index contributed by atoms with van der Waals surface area (Å²) in [6.45, 7) is 3.78. The van der Waals surface area contributed by atoms with E-state index in [1.807, 2.05) is 32.0 Å². The Morgan fingerprint density at radius 1 is 1.17 bits per heavy atom. The minimum atomic E-state index is -0.602. The quantitative estimate of drug-likeness (QED) is 0.943. The highest BCUT2D eigenvalue weighted by molar-refractivity contribution is 6.09. The Bertz CT molecular complexity index is 827. The van der Waals surface area contributed by atoms with Crippen LogP contribution in [0.25, 0.3) is 0 Å². The lowest BCUT2D eigenvalue weighted by molar-refractivity contribution is -0.121. The molecule has 5 heteroatoms. The van der Waals surface area contributed by atoms with Crippen molar-refractivity contribution in [1.82, 2.24) is 0 Å². The van der Waals surface area contributed by atoms with Crippen LogP contribution in [-0.4, -0.2) is 26.0 Å². The molecule has 1 N–H and O–H groups in total. The molecular weight excluding hydrogens is 304 g/mol. The molecule has 124 valence electrons. The number of fused-ring (bicyclic) bond motifs is 1. The number of benzene rings is 2. The largest absolute Gasteiger partial charge is 0.496 e. The molecule has 5 nitrogen and oxygen atoms in total. The summed E-state index contributed by atoms with van der Waals surface area (Å²) in [6.07, 6.45) is 0. The lowest BCUT2D eigenvalue weighted by Gasteiger charge is -2.17. The molecule has 1 aliphatic rings. The summed E-state index contributed by atoms with van der Waals surface area (Å²) in [4.78, 5) is 26.5. The predicted molar refractivity (Wildman–Crippen MR) is 93.8 cm³/mol. The van der Waals surface area contributed by atoms with Crippen LogP contribution in [0.4, 0.5) is 11.4 Å². The van der Waals surface area contributed by atoms with Crippen LogP contribution in [0.1, 0.15) is 29.8 Å². The number of hydrogen-bond donors (Lipinski definition) is 1. The Labute approximate surface area is 141 Å². The summed E-state index contributed by atoms with van der Waals surface area (Å²) in [5.74, 6) is 0.319. The van der Waals surface area contributed by atoms with Gasteiger partial charge in [-0.1, -0.05) is 12.1 Å². The molecule has 0 aliphatic carbocycles. The van der Waals surface area contributed by atoms with Gasteiger partial charge in [-0.3, -0.25) is 9.59 Å². The molecule has 1 heterocycles. The Morgan fingerprint density at radius 2 is 1.88 bits per heavy atom. The third-order valence-corrected chi connectivity index (χ3v) is 4.48. The zero-order valence-electron chi connectivity index (χ0n) is 14.2. The van der Waals surface area contributed by atoms with Gasteiger partial charge in [0.1, 0.15) is 5.75 Å². The van der Waals surface area contributed by atoms with Gasteiger partial charge in [0.2, 0.25) is 5.91 Å². The Balaban J connectivity index is 1.92. The predicted octanol–water partition coefficient (Wildman–Crippen LogP) is 3.20. The molecule has 1 aliphatic heterocycles. The third kappa shape index (κ3) is 2.42. The molecule has 2 aromatic carbocycles. The van der Waals surface area contributed by atoms with Gasteiger partial charge in [0.05, 0.1) is 18.1 Å². The van der Waals surface area contributed by atoms with Crippen LogP contribution in [0.15, 0.2) is 42.5 Å². The van der Waals surface area contributed by atoms with E-state index in [4.69, 9.17) is 4.74 Å². The van der Waals surface area contributed by atoms with Gasteiger partial charge in [0.15, 0.2) is 0 Å².